The second-order valence-corrected chi connectivity index (χ2v) is 4.55. The van der Waals surface area contributed by atoms with Crippen molar-refractivity contribution in [2.75, 3.05) is 6.61 Å². The second kappa shape index (κ2) is 7.22. The van der Waals surface area contributed by atoms with Gasteiger partial charge in [-0.1, -0.05) is 0 Å². The first-order chi connectivity index (χ1) is 6.65. The summed E-state index contributed by atoms with van der Waals surface area (Å²) in [6.45, 7) is 2.18. The van der Waals surface area contributed by atoms with E-state index in [1.165, 1.54) is 11.3 Å². The van der Waals surface area contributed by atoms with E-state index in [1.807, 2.05) is 11.4 Å². The van der Waals surface area contributed by atoms with Crippen molar-refractivity contribution in [3.8, 4) is 0 Å². The molecule has 15 heavy (non-hydrogen) atoms. The normalized spacial score (nSPS) is 11.7. The van der Waals surface area contributed by atoms with Gasteiger partial charge in [0, 0.05) is 9.35 Å². The predicted octanol–water partition coefficient (Wildman–Crippen LogP) is 2.89. The van der Waals surface area contributed by atoms with Gasteiger partial charge in [-0.15, -0.1) is 23.7 Å². The van der Waals surface area contributed by atoms with Crippen molar-refractivity contribution in [2.24, 2.45) is 5.73 Å². The average molecular weight is 315 g/mol. The molecule has 0 aliphatic rings. The third-order valence-electron chi connectivity index (χ3n) is 1.67. The summed E-state index contributed by atoms with van der Waals surface area (Å²) < 4.78 is 5.78. The highest BCUT2D eigenvalue weighted by Crippen LogP contribution is 2.29. The van der Waals surface area contributed by atoms with E-state index in [-0.39, 0.29) is 30.8 Å². The fraction of sp³-hybridized carbons (Fsp3) is 0.444. The zero-order valence-electron chi connectivity index (χ0n) is 8.23. The topological polar surface area (TPSA) is 52.3 Å². The lowest BCUT2D eigenvalue weighted by Crippen LogP contribution is -2.16. The summed E-state index contributed by atoms with van der Waals surface area (Å²) in [5.74, 6) is -0.250. The van der Waals surface area contributed by atoms with Crippen molar-refractivity contribution in [3.63, 3.8) is 0 Å². The van der Waals surface area contributed by atoms with Crippen LogP contribution in [0, 0.1) is 0 Å². The van der Waals surface area contributed by atoms with Crippen molar-refractivity contribution in [2.45, 2.75) is 19.4 Å². The maximum absolute atomic E-state index is 11.1. The Bertz CT molecular complexity index is 319. The van der Waals surface area contributed by atoms with Crippen LogP contribution in [0.25, 0.3) is 0 Å². The highest BCUT2D eigenvalue weighted by atomic mass is 79.9. The summed E-state index contributed by atoms with van der Waals surface area (Å²) in [5, 5.41) is 1.93. The van der Waals surface area contributed by atoms with Crippen LogP contribution in [0.1, 0.15) is 24.3 Å². The number of carbonyl (C=O) groups excluding carboxylic acids is 1. The standard InChI is InChI=1S/C9H12BrNO2S.ClH/c1-2-13-8(12)5-7(11)9-6(10)3-4-14-9;/h3-4,7H,2,5,11H2,1H3;1H/t7-;/m1./s1. The minimum absolute atomic E-state index is 0. The van der Waals surface area contributed by atoms with Crippen LogP contribution < -0.4 is 5.73 Å². The van der Waals surface area contributed by atoms with Crippen LogP contribution in [-0.2, 0) is 9.53 Å². The molecule has 1 aromatic rings. The smallest absolute Gasteiger partial charge is 0.307 e. The SMILES string of the molecule is CCOC(=O)C[C@@H](N)c1sccc1Br.Cl. The Hall–Kier alpha value is -0.100. The number of hydrogen-bond donors (Lipinski definition) is 1. The number of ether oxygens (including phenoxy) is 1. The summed E-state index contributed by atoms with van der Waals surface area (Å²) in [4.78, 5) is 12.1. The van der Waals surface area contributed by atoms with Gasteiger partial charge in [-0.3, -0.25) is 4.79 Å². The number of rotatable bonds is 4. The molecule has 1 aromatic heterocycles. The molecule has 0 saturated heterocycles. The number of hydrogen-bond acceptors (Lipinski definition) is 4. The van der Waals surface area contributed by atoms with Crippen LogP contribution in [0.5, 0.6) is 0 Å². The van der Waals surface area contributed by atoms with Crippen molar-refractivity contribution < 1.29 is 9.53 Å². The van der Waals surface area contributed by atoms with Gasteiger partial charge in [0.05, 0.1) is 19.1 Å². The average Bonchev–Trinajstić information content (AvgIpc) is 2.51. The number of thiophene rings is 1. The lowest BCUT2D eigenvalue weighted by Gasteiger charge is -2.09. The molecule has 2 N–H and O–H groups in total. The van der Waals surface area contributed by atoms with Crippen molar-refractivity contribution >= 4 is 45.6 Å². The Kier molecular flexibility index (Phi) is 7.17. The fourth-order valence-corrected chi connectivity index (χ4v) is 2.73. The molecule has 0 aliphatic carbocycles. The molecule has 0 radical (unpaired) electrons. The predicted molar refractivity (Wildman–Crippen MR) is 67.4 cm³/mol. The molecule has 0 unspecified atom stereocenters. The van der Waals surface area contributed by atoms with Gasteiger partial charge in [-0.25, -0.2) is 0 Å². The maximum atomic E-state index is 11.1. The molecular formula is C9H13BrClNO2S. The molecule has 0 aliphatic heterocycles. The van der Waals surface area contributed by atoms with Crippen molar-refractivity contribution in [1.29, 1.82) is 0 Å². The van der Waals surface area contributed by atoms with E-state index >= 15 is 0 Å². The van der Waals surface area contributed by atoms with Crippen molar-refractivity contribution in [1.82, 2.24) is 0 Å². The number of esters is 1. The first kappa shape index (κ1) is 14.9. The minimum atomic E-state index is -0.275. The first-order valence-corrected chi connectivity index (χ1v) is 5.96. The van der Waals surface area contributed by atoms with Crippen LogP contribution >= 0.6 is 39.7 Å². The zero-order chi connectivity index (χ0) is 10.6. The Morgan fingerprint density at radius 2 is 2.40 bits per heavy atom. The highest BCUT2D eigenvalue weighted by molar-refractivity contribution is 9.10. The molecule has 0 bridgehead atoms. The maximum Gasteiger partial charge on any atom is 0.307 e. The van der Waals surface area contributed by atoms with Crippen molar-refractivity contribution in [3.05, 3.63) is 20.8 Å². The fourth-order valence-electron chi connectivity index (χ4n) is 1.06. The van der Waals surface area contributed by atoms with Crippen LogP contribution in [0.4, 0.5) is 0 Å². The van der Waals surface area contributed by atoms with Gasteiger partial charge in [0.15, 0.2) is 0 Å². The largest absolute Gasteiger partial charge is 0.466 e. The van der Waals surface area contributed by atoms with E-state index in [2.05, 4.69) is 15.9 Å². The molecule has 0 fully saturated rings. The quantitative estimate of drug-likeness (QED) is 0.869. The van der Waals surface area contributed by atoms with Gasteiger partial charge in [0.1, 0.15) is 0 Å². The lowest BCUT2D eigenvalue weighted by molar-refractivity contribution is -0.143. The Labute approximate surface area is 108 Å². The molecule has 0 amide bonds. The molecule has 1 rings (SSSR count). The number of nitrogens with two attached hydrogens (primary N) is 1. The molecule has 6 heteroatoms. The summed E-state index contributed by atoms with van der Waals surface area (Å²) in [6.07, 6.45) is 0.229. The molecule has 0 aromatic carbocycles. The summed E-state index contributed by atoms with van der Waals surface area (Å²) in [5.41, 5.74) is 5.85. The van der Waals surface area contributed by atoms with Crippen LogP contribution in [0.3, 0.4) is 0 Å². The Balaban J connectivity index is 0.00000196. The van der Waals surface area contributed by atoms with Gasteiger partial charge in [0.2, 0.25) is 0 Å². The summed E-state index contributed by atoms with van der Waals surface area (Å²) >= 11 is 4.91. The van der Waals surface area contributed by atoms with E-state index in [9.17, 15) is 4.79 Å². The number of halogens is 2. The molecule has 0 saturated carbocycles. The van der Waals surface area contributed by atoms with Crippen LogP contribution in [0.2, 0.25) is 0 Å². The van der Waals surface area contributed by atoms with E-state index in [0.717, 1.165) is 9.35 Å². The lowest BCUT2D eigenvalue weighted by atomic mass is 10.2. The second-order valence-electron chi connectivity index (χ2n) is 2.75. The minimum Gasteiger partial charge on any atom is -0.466 e. The molecule has 0 spiro atoms. The van der Waals surface area contributed by atoms with Gasteiger partial charge in [0.25, 0.3) is 0 Å². The van der Waals surface area contributed by atoms with Gasteiger partial charge in [-0.2, -0.15) is 0 Å². The highest BCUT2D eigenvalue weighted by Gasteiger charge is 2.15. The van der Waals surface area contributed by atoms with E-state index < -0.39 is 0 Å². The Morgan fingerprint density at radius 3 is 2.87 bits per heavy atom. The van der Waals surface area contributed by atoms with E-state index in [4.69, 9.17) is 10.5 Å². The molecule has 86 valence electrons. The molecular weight excluding hydrogens is 302 g/mol. The molecule has 3 nitrogen and oxygen atoms in total. The third-order valence-corrected chi connectivity index (χ3v) is 3.68. The summed E-state index contributed by atoms with van der Waals surface area (Å²) in [6, 6.07) is 1.65. The third kappa shape index (κ3) is 4.51. The summed E-state index contributed by atoms with van der Waals surface area (Å²) in [7, 11) is 0. The number of carbonyl (C=O) groups is 1. The van der Waals surface area contributed by atoms with E-state index in [1.54, 1.807) is 6.92 Å². The monoisotopic (exact) mass is 313 g/mol. The molecule has 1 heterocycles. The Morgan fingerprint density at radius 1 is 1.73 bits per heavy atom. The molecule has 1 atom stereocenters. The van der Waals surface area contributed by atoms with E-state index in [0.29, 0.717) is 6.61 Å². The van der Waals surface area contributed by atoms with Crippen LogP contribution in [0.15, 0.2) is 15.9 Å². The van der Waals surface area contributed by atoms with Gasteiger partial charge in [-0.05, 0) is 34.3 Å². The van der Waals surface area contributed by atoms with Gasteiger partial charge >= 0.3 is 5.97 Å². The van der Waals surface area contributed by atoms with Gasteiger partial charge < -0.3 is 10.5 Å². The zero-order valence-corrected chi connectivity index (χ0v) is 11.5. The first-order valence-electron chi connectivity index (χ1n) is 4.29. The van der Waals surface area contributed by atoms with Crippen LogP contribution in [-0.4, -0.2) is 12.6 Å².